The molecule has 1 atom stereocenters. The summed E-state index contributed by atoms with van der Waals surface area (Å²) in [5, 5.41) is 6.77. The molecule has 0 aliphatic carbocycles. The van der Waals surface area contributed by atoms with Crippen molar-refractivity contribution in [2.45, 2.75) is 32.9 Å². The number of nitrogens with zero attached hydrogens (tertiary/aromatic N) is 2. The molecule has 0 saturated carbocycles. The first kappa shape index (κ1) is 21.4. The second kappa shape index (κ2) is 10.4. The van der Waals surface area contributed by atoms with Crippen LogP contribution in [0.1, 0.15) is 35.1 Å². The number of rotatable bonds is 7. The molecule has 1 aromatic heterocycles. The number of benzene rings is 2. The largest absolute Gasteiger partial charge is 0.356 e. The standard InChI is InChI=1S/C25H30N4O/c1-19-7-13-23(14-8-19)20(2)16-27-25(26-3)28-17-21-9-11-22(12-10-21)18-29-15-5-4-6-24(29)30/h4-15,20H,16-18H2,1-3H3,(H2,26,27,28). The molecule has 0 saturated heterocycles. The van der Waals surface area contributed by atoms with E-state index in [-0.39, 0.29) is 5.56 Å². The predicted molar refractivity (Wildman–Crippen MR) is 124 cm³/mol. The van der Waals surface area contributed by atoms with Crippen LogP contribution in [0.15, 0.2) is 82.7 Å². The SMILES string of the molecule is CN=C(NCc1ccc(Cn2ccccc2=O)cc1)NCC(C)c1ccc(C)cc1. The number of hydrogen-bond donors (Lipinski definition) is 2. The van der Waals surface area contributed by atoms with E-state index in [2.05, 4.69) is 78.0 Å². The number of aromatic nitrogens is 1. The fraction of sp³-hybridized carbons (Fsp3) is 0.280. The highest BCUT2D eigenvalue weighted by atomic mass is 16.1. The monoisotopic (exact) mass is 402 g/mol. The zero-order valence-electron chi connectivity index (χ0n) is 17.9. The molecule has 1 heterocycles. The van der Waals surface area contributed by atoms with Crippen LogP contribution >= 0.6 is 0 Å². The zero-order chi connectivity index (χ0) is 21.3. The van der Waals surface area contributed by atoms with Crippen molar-refractivity contribution in [2.75, 3.05) is 13.6 Å². The molecule has 0 fully saturated rings. The van der Waals surface area contributed by atoms with E-state index in [0.717, 1.165) is 23.6 Å². The summed E-state index contributed by atoms with van der Waals surface area (Å²) in [6.45, 7) is 6.39. The van der Waals surface area contributed by atoms with Gasteiger partial charge in [0.15, 0.2) is 5.96 Å². The van der Waals surface area contributed by atoms with Gasteiger partial charge in [-0.1, -0.05) is 67.1 Å². The molecule has 1 unspecified atom stereocenters. The summed E-state index contributed by atoms with van der Waals surface area (Å²) in [6, 6.07) is 22.2. The van der Waals surface area contributed by atoms with Crippen LogP contribution in [0.2, 0.25) is 0 Å². The third-order valence-corrected chi connectivity index (χ3v) is 5.18. The average Bonchev–Trinajstić information content (AvgIpc) is 2.77. The Balaban J connectivity index is 1.49. The second-order valence-corrected chi connectivity index (χ2v) is 7.60. The van der Waals surface area contributed by atoms with E-state index in [4.69, 9.17) is 0 Å². The molecule has 5 heteroatoms. The van der Waals surface area contributed by atoms with Gasteiger partial charge >= 0.3 is 0 Å². The summed E-state index contributed by atoms with van der Waals surface area (Å²) in [5.74, 6) is 1.18. The minimum absolute atomic E-state index is 0.0120. The van der Waals surface area contributed by atoms with Crippen LogP contribution in [0.3, 0.4) is 0 Å². The second-order valence-electron chi connectivity index (χ2n) is 7.60. The molecule has 0 aliphatic heterocycles. The van der Waals surface area contributed by atoms with Gasteiger partial charge in [-0.05, 0) is 35.6 Å². The van der Waals surface area contributed by atoms with E-state index >= 15 is 0 Å². The van der Waals surface area contributed by atoms with Gasteiger partial charge in [-0.3, -0.25) is 9.79 Å². The van der Waals surface area contributed by atoms with Gasteiger partial charge in [0.1, 0.15) is 0 Å². The molecule has 0 aliphatic rings. The van der Waals surface area contributed by atoms with E-state index in [1.54, 1.807) is 23.7 Å². The lowest BCUT2D eigenvalue weighted by molar-refractivity contribution is 0.698. The lowest BCUT2D eigenvalue weighted by Gasteiger charge is -2.17. The molecule has 0 radical (unpaired) electrons. The maximum atomic E-state index is 11.8. The molecule has 0 amide bonds. The summed E-state index contributed by atoms with van der Waals surface area (Å²) in [5.41, 5.74) is 4.86. The summed E-state index contributed by atoms with van der Waals surface area (Å²) < 4.78 is 1.70. The maximum Gasteiger partial charge on any atom is 0.250 e. The van der Waals surface area contributed by atoms with Crippen molar-refractivity contribution < 1.29 is 0 Å². The summed E-state index contributed by atoms with van der Waals surface area (Å²) in [7, 11) is 1.78. The molecule has 2 aromatic carbocycles. The molecule has 0 spiro atoms. The van der Waals surface area contributed by atoms with Crippen LogP contribution in [-0.2, 0) is 13.1 Å². The Morgan fingerprint density at radius 3 is 2.33 bits per heavy atom. The first-order valence-electron chi connectivity index (χ1n) is 10.3. The van der Waals surface area contributed by atoms with Crippen molar-refractivity contribution in [3.8, 4) is 0 Å². The zero-order valence-corrected chi connectivity index (χ0v) is 17.9. The Morgan fingerprint density at radius 2 is 1.67 bits per heavy atom. The van der Waals surface area contributed by atoms with E-state index < -0.39 is 0 Å². The van der Waals surface area contributed by atoms with Crippen molar-refractivity contribution >= 4 is 5.96 Å². The molecule has 5 nitrogen and oxygen atoms in total. The van der Waals surface area contributed by atoms with Gasteiger partial charge in [-0.25, -0.2) is 0 Å². The predicted octanol–water partition coefficient (Wildman–Crippen LogP) is 3.67. The Kier molecular flexibility index (Phi) is 7.44. The van der Waals surface area contributed by atoms with Crippen molar-refractivity contribution in [3.05, 3.63) is 106 Å². The van der Waals surface area contributed by atoms with Crippen LogP contribution in [0.4, 0.5) is 0 Å². The van der Waals surface area contributed by atoms with Crippen molar-refractivity contribution in [1.29, 1.82) is 0 Å². The van der Waals surface area contributed by atoms with Crippen LogP contribution in [0.25, 0.3) is 0 Å². The lowest BCUT2D eigenvalue weighted by atomic mass is 10.0. The van der Waals surface area contributed by atoms with Crippen molar-refractivity contribution in [3.63, 3.8) is 0 Å². The molecule has 3 aromatic rings. The first-order chi connectivity index (χ1) is 14.5. The number of aryl methyl sites for hydroxylation is 1. The minimum atomic E-state index is 0.0120. The minimum Gasteiger partial charge on any atom is -0.356 e. The van der Waals surface area contributed by atoms with Crippen LogP contribution in [0.5, 0.6) is 0 Å². The highest BCUT2D eigenvalue weighted by Gasteiger charge is 2.07. The molecule has 30 heavy (non-hydrogen) atoms. The van der Waals surface area contributed by atoms with Crippen molar-refractivity contribution in [1.82, 2.24) is 15.2 Å². The van der Waals surface area contributed by atoms with Crippen LogP contribution < -0.4 is 16.2 Å². The normalized spacial score (nSPS) is 12.4. The fourth-order valence-corrected chi connectivity index (χ4v) is 3.22. The molecular formula is C25H30N4O. The fourth-order valence-electron chi connectivity index (χ4n) is 3.22. The highest BCUT2D eigenvalue weighted by Crippen LogP contribution is 2.14. The molecule has 2 N–H and O–H groups in total. The van der Waals surface area contributed by atoms with Gasteiger partial charge in [0.05, 0.1) is 6.54 Å². The Hall–Kier alpha value is -3.34. The van der Waals surface area contributed by atoms with E-state index in [1.165, 1.54) is 11.1 Å². The molecule has 156 valence electrons. The Labute approximate surface area is 178 Å². The van der Waals surface area contributed by atoms with Gasteiger partial charge in [-0.15, -0.1) is 0 Å². The summed E-state index contributed by atoms with van der Waals surface area (Å²) in [4.78, 5) is 16.2. The third kappa shape index (κ3) is 6.08. The van der Waals surface area contributed by atoms with E-state index in [9.17, 15) is 4.79 Å². The number of guanidine groups is 1. The van der Waals surface area contributed by atoms with Gasteiger partial charge in [0, 0.05) is 32.4 Å². The average molecular weight is 403 g/mol. The summed E-state index contributed by atoms with van der Waals surface area (Å²) in [6.07, 6.45) is 1.81. The molecule has 0 bridgehead atoms. The first-order valence-corrected chi connectivity index (χ1v) is 10.3. The Bertz CT molecular complexity index is 1020. The van der Waals surface area contributed by atoms with Crippen molar-refractivity contribution in [2.24, 2.45) is 4.99 Å². The number of hydrogen-bond acceptors (Lipinski definition) is 2. The topological polar surface area (TPSA) is 58.4 Å². The Morgan fingerprint density at radius 1 is 0.967 bits per heavy atom. The number of nitrogens with one attached hydrogen (secondary N) is 2. The maximum absolute atomic E-state index is 11.8. The van der Waals surface area contributed by atoms with Crippen LogP contribution in [-0.4, -0.2) is 24.1 Å². The van der Waals surface area contributed by atoms with Gasteiger partial charge in [0.25, 0.3) is 5.56 Å². The number of pyridine rings is 1. The summed E-state index contributed by atoms with van der Waals surface area (Å²) >= 11 is 0. The highest BCUT2D eigenvalue weighted by molar-refractivity contribution is 5.79. The van der Waals surface area contributed by atoms with Gasteiger partial charge in [-0.2, -0.15) is 0 Å². The lowest BCUT2D eigenvalue weighted by Crippen LogP contribution is -2.38. The third-order valence-electron chi connectivity index (χ3n) is 5.18. The van der Waals surface area contributed by atoms with E-state index in [0.29, 0.717) is 19.0 Å². The smallest absolute Gasteiger partial charge is 0.250 e. The molecular weight excluding hydrogens is 372 g/mol. The quantitative estimate of drug-likeness (QED) is 0.468. The number of aliphatic imine (C=N–C) groups is 1. The van der Waals surface area contributed by atoms with E-state index in [1.807, 2.05) is 12.3 Å². The van der Waals surface area contributed by atoms with Crippen LogP contribution in [0, 0.1) is 6.92 Å². The van der Waals surface area contributed by atoms with Gasteiger partial charge in [0.2, 0.25) is 0 Å². The molecule has 3 rings (SSSR count). The van der Waals surface area contributed by atoms with Gasteiger partial charge < -0.3 is 15.2 Å².